The zero-order valence-corrected chi connectivity index (χ0v) is 14.3. The van der Waals surface area contributed by atoms with Gasteiger partial charge in [0.2, 0.25) is 0 Å². The third-order valence-corrected chi connectivity index (χ3v) is 4.16. The van der Waals surface area contributed by atoms with Gasteiger partial charge >= 0.3 is 5.97 Å². The molecule has 1 atom stereocenters. The largest absolute Gasteiger partial charge is 0.449 e. The molecule has 1 N–H and O–H groups in total. The summed E-state index contributed by atoms with van der Waals surface area (Å²) < 4.78 is 6.85. The highest BCUT2D eigenvalue weighted by Gasteiger charge is 2.22. The lowest BCUT2D eigenvalue weighted by molar-refractivity contribution is -0.123. The zero-order chi connectivity index (χ0) is 18.0. The molecule has 0 unspecified atom stereocenters. The first-order valence-electron chi connectivity index (χ1n) is 7.95. The predicted molar refractivity (Wildman–Crippen MR) is 95.4 cm³/mol. The topological polar surface area (TPSA) is 73.2 Å². The minimum atomic E-state index is -0.925. The highest BCUT2D eigenvalue weighted by atomic mass is 16.5. The molecular formula is C19H19N3O3. The van der Waals surface area contributed by atoms with Crippen LogP contribution in [-0.2, 0) is 16.6 Å². The molecule has 0 bridgehead atoms. The maximum atomic E-state index is 12.4. The van der Waals surface area contributed by atoms with E-state index < -0.39 is 12.1 Å². The van der Waals surface area contributed by atoms with Gasteiger partial charge in [-0.15, -0.1) is 0 Å². The van der Waals surface area contributed by atoms with Crippen molar-refractivity contribution in [1.29, 1.82) is 0 Å². The molecule has 0 fully saturated rings. The molecular weight excluding hydrogens is 318 g/mol. The highest BCUT2D eigenvalue weighted by molar-refractivity contribution is 6.04. The number of carbonyl (C=O) groups is 2. The number of aryl methyl sites for hydroxylation is 1. The van der Waals surface area contributed by atoms with Gasteiger partial charge in [0.15, 0.2) is 6.10 Å². The highest BCUT2D eigenvalue weighted by Crippen LogP contribution is 2.23. The van der Waals surface area contributed by atoms with Gasteiger partial charge in [-0.3, -0.25) is 9.48 Å². The lowest BCUT2D eigenvalue weighted by Crippen LogP contribution is -2.30. The fourth-order valence-electron chi connectivity index (χ4n) is 2.55. The Morgan fingerprint density at radius 1 is 1.16 bits per heavy atom. The van der Waals surface area contributed by atoms with E-state index >= 15 is 0 Å². The fourth-order valence-corrected chi connectivity index (χ4v) is 2.55. The van der Waals surface area contributed by atoms with Crippen LogP contribution >= 0.6 is 0 Å². The molecule has 2 aromatic carbocycles. The molecule has 0 saturated heterocycles. The number of esters is 1. The Labute approximate surface area is 145 Å². The maximum absolute atomic E-state index is 12.4. The maximum Gasteiger partial charge on any atom is 0.342 e. The number of hydrogen-bond donors (Lipinski definition) is 1. The number of fused-ring (bicyclic) bond motifs is 1. The summed E-state index contributed by atoms with van der Waals surface area (Å²) in [5.41, 5.74) is 1.72. The second-order valence-corrected chi connectivity index (χ2v) is 5.83. The molecule has 3 aromatic rings. The van der Waals surface area contributed by atoms with Crippen molar-refractivity contribution in [2.24, 2.45) is 7.05 Å². The first kappa shape index (κ1) is 16.7. The molecule has 3 rings (SSSR count). The van der Waals surface area contributed by atoms with Gasteiger partial charge in [-0.25, -0.2) is 4.79 Å². The fraction of sp³-hybridized carbons (Fsp3) is 0.211. The molecule has 0 aliphatic carbocycles. The molecule has 25 heavy (non-hydrogen) atoms. The lowest BCUT2D eigenvalue weighted by atomic mass is 10.1. The Balaban J connectivity index is 1.72. The summed E-state index contributed by atoms with van der Waals surface area (Å²) in [6.45, 7) is 3.31. The number of benzene rings is 2. The number of nitrogens with zero attached hydrogens (tertiary/aromatic N) is 2. The Morgan fingerprint density at radius 3 is 2.60 bits per heavy atom. The van der Waals surface area contributed by atoms with E-state index in [0.717, 1.165) is 10.8 Å². The molecule has 128 valence electrons. The van der Waals surface area contributed by atoms with Crippen LogP contribution < -0.4 is 5.32 Å². The van der Waals surface area contributed by atoms with Gasteiger partial charge in [-0.2, -0.15) is 5.10 Å². The van der Waals surface area contributed by atoms with Gasteiger partial charge in [0, 0.05) is 23.8 Å². The number of hydrogen-bond acceptors (Lipinski definition) is 4. The first-order chi connectivity index (χ1) is 12.0. The number of rotatable bonds is 4. The molecule has 0 radical (unpaired) electrons. The summed E-state index contributed by atoms with van der Waals surface area (Å²) in [6, 6.07) is 13.4. The summed E-state index contributed by atoms with van der Waals surface area (Å²) in [4.78, 5) is 24.6. The van der Waals surface area contributed by atoms with Crippen molar-refractivity contribution in [3.05, 3.63) is 59.9 Å². The third kappa shape index (κ3) is 3.38. The minimum Gasteiger partial charge on any atom is -0.449 e. The number of anilines is 1. The quantitative estimate of drug-likeness (QED) is 0.743. The molecule has 1 amide bonds. The van der Waals surface area contributed by atoms with Crippen LogP contribution in [0, 0.1) is 6.92 Å². The number of aromatic nitrogens is 2. The normalized spacial score (nSPS) is 12.0. The average molecular weight is 337 g/mol. The van der Waals surface area contributed by atoms with Crippen molar-refractivity contribution in [3.63, 3.8) is 0 Å². The number of carbonyl (C=O) groups excluding carboxylic acids is 2. The van der Waals surface area contributed by atoms with Gasteiger partial charge in [0.05, 0.1) is 6.20 Å². The molecule has 0 saturated carbocycles. The monoisotopic (exact) mass is 337 g/mol. The van der Waals surface area contributed by atoms with Crippen LogP contribution in [0.3, 0.4) is 0 Å². The van der Waals surface area contributed by atoms with Gasteiger partial charge in [-0.05, 0) is 25.3 Å². The summed E-state index contributed by atoms with van der Waals surface area (Å²) in [6.07, 6.45) is 0.513. The SMILES string of the molecule is Cc1c(C(=O)O[C@@H](C)C(=O)Nc2cccc3ccccc23)cnn1C. The Bertz CT molecular complexity index is 941. The van der Waals surface area contributed by atoms with Crippen molar-refractivity contribution >= 4 is 28.3 Å². The van der Waals surface area contributed by atoms with Crippen LogP contribution in [0.4, 0.5) is 5.69 Å². The molecule has 1 aromatic heterocycles. The number of nitrogens with one attached hydrogen (secondary N) is 1. The summed E-state index contributed by atoms with van der Waals surface area (Å²) in [7, 11) is 1.74. The number of amides is 1. The van der Waals surface area contributed by atoms with E-state index in [2.05, 4.69) is 10.4 Å². The summed E-state index contributed by atoms with van der Waals surface area (Å²) in [5.74, 6) is -0.947. The van der Waals surface area contributed by atoms with Crippen LogP contribution in [-0.4, -0.2) is 27.8 Å². The van der Waals surface area contributed by atoms with E-state index in [9.17, 15) is 9.59 Å². The van der Waals surface area contributed by atoms with Gasteiger partial charge < -0.3 is 10.1 Å². The second-order valence-electron chi connectivity index (χ2n) is 5.83. The average Bonchev–Trinajstić information content (AvgIpc) is 2.94. The van der Waals surface area contributed by atoms with Crippen LogP contribution in [0.5, 0.6) is 0 Å². The van der Waals surface area contributed by atoms with Crippen molar-refractivity contribution in [2.75, 3.05) is 5.32 Å². The Morgan fingerprint density at radius 2 is 1.88 bits per heavy atom. The summed E-state index contributed by atoms with van der Waals surface area (Å²) >= 11 is 0. The van der Waals surface area contributed by atoms with E-state index in [1.807, 2.05) is 42.5 Å². The van der Waals surface area contributed by atoms with Crippen LogP contribution in [0.25, 0.3) is 10.8 Å². The van der Waals surface area contributed by atoms with E-state index in [1.165, 1.54) is 6.20 Å². The smallest absolute Gasteiger partial charge is 0.342 e. The third-order valence-electron chi connectivity index (χ3n) is 4.16. The molecule has 1 heterocycles. The molecule has 6 heteroatoms. The van der Waals surface area contributed by atoms with Gasteiger partial charge in [-0.1, -0.05) is 36.4 Å². The molecule has 0 spiro atoms. The van der Waals surface area contributed by atoms with Crippen molar-refractivity contribution in [1.82, 2.24) is 9.78 Å². The van der Waals surface area contributed by atoms with E-state index in [-0.39, 0.29) is 5.91 Å². The lowest BCUT2D eigenvalue weighted by Gasteiger charge is -2.14. The van der Waals surface area contributed by atoms with E-state index in [1.54, 1.807) is 25.6 Å². The van der Waals surface area contributed by atoms with Gasteiger partial charge in [0.25, 0.3) is 5.91 Å². The Kier molecular flexibility index (Phi) is 4.52. The van der Waals surface area contributed by atoms with Crippen molar-refractivity contribution < 1.29 is 14.3 Å². The van der Waals surface area contributed by atoms with Crippen molar-refractivity contribution in [3.8, 4) is 0 Å². The zero-order valence-electron chi connectivity index (χ0n) is 14.3. The standard InChI is InChI=1S/C19H19N3O3/c1-12-16(11-20-22(12)3)19(24)25-13(2)18(23)21-17-10-6-8-14-7-4-5-9-15(14)17/h4-11,13H,1-3H3,(H,21,23)/t13-/m0/s1. The van der Waals surface area contributed by atoms with Crippen molar-refractivity contribution in [2.45, 2.75) is 20.0 Å². The Hall–Kier alpha value is -3.15. The number of ether oxygens (including phenoxy) is 1. The van der Waals surface area contributed by atoms with Crippen LogP contribution in [0.15, 0.2) is 48.7 Å². The molecule has 0 aliphatic heterocycles. The van der Waals surface area contributed by atoms with Crippen LogP contribution in [0.1, 0.15) is 23.0 Å². The predicted octanol–water partition coefficient (Wildman–Crippen LogP) is 3.07. The first-order valence-corrected chi connectivity index (χ1v) is 7.95. The van der Waals surface area contributed by atoms with E-state index in [0.29, 0.717) is 16.9 Å². The minimum absolute atomic E-state index is 0.354. The van der Waals surface area contributed by atoms with Crippen LogP contribution in [0.2, 0.25) is 0 Å². The molecule has 6 nitrogen and oxygen atoms in total. The summed E-state index contributed by atoms with van der Waals surface area (Å²) in [5, 5.41) is 8.79. The van der Waals surface area contributed by atoms with Gasteiger partial charge in [0.1, 0.15) is 5.56 Å². The van der Waals surface area contributed by atoms with E-state index in [4.69, 9.17) is 4.74 Å². The molecule has 0 aliphatic rings. The second kappa shape index (κ2) is 6.76.